The van der Waals surface area contributed by atoms with Gasteiger partial charge in [0.25, 0.3) is 0 Å². The zero-order valence-corrected chi connectivity index (χ0v) is 17.1. The van der Waals surface area contributed by atoms with Crippen LogP contribution in [0, 0.1) is 27.7 Å². The lowest BCUT2D eigenvalue weighted by Gasteiger charge is -2.07. The Balaban J connectivity index is 1.87. The van der Waals surface area contributed by atoms with Crippen LogP contribution in [0.1, 0.15) is 42.5 Å². The summed E-state index contributed by atoms with van der Waals surface area (Å²) in [7, 11) is 0. The van der Waals surface area contributed by atoms with Crippen LogP contribution < -0.4 is 0 Å². The molecule has 0 fully saturated rings. The molecule has 2 aromatic carbocycles. The van der Waals surface area contributed by atoms with Gasteiger partial charge in [-0.1, -0.05) is 42.5 Å². The molecule has 0 saturated heterocycles. The van der Waals surface area contributed by atoms with E-state index in [0.717, 1.165) is 40.6 Å². The monoisotopic (exact) mass is 357 g/mol. The molecular formula is C24H27N3. The van der Waals surface area contributed by atoms with Crippen molar-refractivity contribution in [3.05, 3.63) is 70.4 Å². The third-order valence-electron chi connectivity index (χ3n) is 4.97. The molecule has 0 radical (unpaired) electrons. The highest BCUT2D eigenvalue weighted by molar-refractivity contribution is 6.43. The highest BCUT2D eigenvalue weighted by Gasteiger charge is 2.15. The molecule has 0 aromatic heterocycles. The molecule has 0 atom stereocenters. The molecule has 0 N–H and O–H groups in total. The first-order valence-corrected chi connectivity index (χ1v) is 9.38. The molecular weight excluding hydrogens is 330 g/mol. The highest BCUT2D eigenvalue weighted by atomic mass is 14.9. The van der Waals surface area contributed by atoms with Crippen LogP contribution in [0.2, 0.25) is 0 Å². The van der Waals surface area contributed by atoms with Crippen molar-refractivity contribution in [2.45, 2.75) is 48.0 Å². The number of rotatable bonds is 4. The fourth-order valence-corrected chi connectivity index (χ4v) is 3.31. The van der Waals surface area contributed by atoms with Crippen molar-refractivity contribution in [3.63, 3.8) is 0 Å². The van der Waals surface area contributed by atoms with E-state index in [1.165, 1.54) is 22.3 Å². The summed E-state index contributed by atoms with van der Waals surface area (Å²) in [4.78, 5) is 14.5. The summed E-state index contributed by atoms with van der Waals surface area (Å²) in [5.41, 5.74) is 10.7. The molecule has 27 heavy (non-hydrogen) atoms. The Morgan fingerprint density at radius 3 is 1.67 bits per heavy atom. The second-order valence-corrected chi connectivity index (χ2v) is 7.23. The number of hydrogen-bond acceptors (Lipinski definition) is 3. The maximum absolute atomic E-state index is 4.86. The van der Waals surface area contributed by atoms with Crippen LogP contribution in [-0.2, 0) is 0 Å². The Morgan fingerprint density at radius 2 is 1.19 bits per heavy atom. The number of aryl methyl sites for hydroxylation is 4. The molecule has 3 nitrogen and oxygen atoms in total. The van der Waals surface area contributed by atoms with Gasteiger partial charge in [-0.2, -0.15) is 0 Å². The number of aliphatic imine (C=N–C) groups is 3. The van der Waals surface area contributed by atoms with E-state index < -0.39 is 0 Å². The summed E-state index contributed by atoms with van der Waals surface area (Å²) in [6.07, 6.45) is 2.95. The average Bonchev–Trinajstić information content (AvgIpc) is 3.12. The van der Waals surface area contributed by atoms with Crippen LogP contribution in [0.25, 0.3) is 0 Å². The van der Waals surface area contributed by atoms with Gasteiger partial charge in [-0.15, -0.1) is 0 Å². The minimum Gasteiger partial charge on any atom is -0.251 e. The van der Waals surface area contributed by atoms with Gasteiger partial charge in [-0.3, -0.25) is 9.98 Å². The fourth-order valence-electron chi connectivity index (χ4n) is 3.31. The van der Waals surface area contributed by atoms with Crippen molar-refractivity contribution < 1.29 is 0 Å². The lowest BCUT2D eigenvalue weighted by Crippen LogP contribution is -2.07. The van der Waals surface area contributed by atoms with Gasteiger partial charge >= 0.3 is 0 Å². The van der Waals surface area contributed by atoms with Crippen LogP contribution in [0.4, 0.5) is 11.4 Å². The number of hydrogen-bond donors (Lipinski definition) is 0. The molecule has 1 aliphatic heterocycles. The third kappa shape index (κ3) is 4.13. The zero-order valence-electron chi connectivity index (χ0n) is 17.1. The quantitative estimate of drug-likeness (QED) is 0.558. The average molecular weight is 358 g/mol. The van der Waals surface area contributed by atoms with Crippen LogP contribution in [-0.4, -0.2) is 17.1 Å². The van der Waals surface area contributed by atoms with E-state index in [1.807, 2.05) is 13.8 Å². The Bertz CT molecular complexity index is 964. The van der Waals surface area contributed by atoms with E-state index in [1.54, 1.807) is 0 Å². The van der Waals surface area contributed by atoms with Crippen molar-refractivity contribution in [2.24, 2.45) is 15.0 Å². The first-order valence-electron chi connectivity index (χ1n) is 9.38. The highest BCUT2D eigenvalue weighted by Crippen LogP contribution is 2.26. The molecule has 1 aliphatic rings. The molecule has 138 valence electrons. The molecule has 3 rings (SSSR count). The van der Waals surface area contributed by atoms with Crippen molar-refractivity contribution in [1.29, 1.82) is 0 Å². The van der Waals surface area contributed by atoms with Gasteiger partial charge in [-0.05, 0) is 63.8 Å². The SMILES string of the molecule is C/C(=N\c1c(C)cccc1C)C1=CCC(/C(C)=N/c2c(C)cccc2C)=N1. The molecule has 0 amide bonds. The Morgan fingerprint density at radius 1 is 0.741 bits per heavy atom. The van der Waals surface area contributed by atoms with Crippen LogP contribution >= 0.6 is 0 Å². The van der Waals surface area contributed by atoms with Crippen LogP contribution in [0.3, 0.4) is 0 Å². The van der Waals surface area contributed by atoms with Crippen molar-refractivity contribution in [3.8, 4) is 0 Å². The summed E-state index contributed by atoms with van der Waals surface area (Å²) in [5.74, 6) is 0. The summed E-state index contributed by atoms with van der Waals surface area (Å²) < 4.78 is 0. The molecule has 2 aromatic rings. The van der Waals surface area contributed by atoms with Crippen LogP contribution in [0.15, 0.2) is 63.1 Å². The zero-order chi connectivity index (χ0) is 19.6. The van der Waals surface area contributed by atoms with Crippen molar-refractivity contribution >= 4 is 28.5 Å². The van der Waals surface area contributed by atoms with Crippen LogP contribution in [0.5, 0.6) is 0 Å². The molecule has 0 saturated carbocycles. The van der Waals surface area contributed by atoms with Crippen molar-refractivity contribution in [1.82, 2.24) is 0 Å². The van der Waals surface area contributed by atoms with Gasteiger partial charge in [0.05, 0.1) is 34.2 Å². The van der Waals surface area contributed by atoms with Gasteiger partial charge in [0.15, 0.2) is 0 Å². The van der Waals surface area contributed by atoms with E-state index in [9.17, 15) is 0 Å². The maximum atomic E-state index is 4.86. The van der Waals surface area contributed by atoms with Gasteiger partial charge in [0, 0.05) is 6.42 Å². The number of allylic oxidation sites excluding steroid dienone is 2. The van der Waals surface area contributed by atoms with E-state index in [2.05, 4.69) is 70.2 Å². The number of para-hydroxylation sites is 2. The Kier molecular flexibility index (Phi) is 5.50. The van der Waals surface area contributed by atoms with E-state index in [-0.39, 0.29) is 0 Å². The molecule has 0 spiro atoms. The largest absolute Gasteiger partial charge is 0.251 e. The minimum absolute atomic E-state index is 0.801. The molecule has 0 aliphatic carbocycles. The number of nitrogens with zero attached hydrogens (tertiary/aromatic N) is 3. The van der Waals surface area contributed by atoms with Crippen molar-refractivity contribution in [2.75, 3.05) is 0 Å². The van der Waals surface area contributed by atoms with E-state index in [0.29, 0.717) is 0 Å². The summed E-state index contributed by atoms with van der Waals surface area (Å²) in [6, 6.07) is 12.5. The predicted octanol–water partition coefficient (Wildman–Crippen LogP) is 6.53. The summed E-state index contributed by atoms with van der Waals surface area (Å²) in [6.45, 7) is 12.5. The number of benzene rings is 2. The van der Waals surface area contributed by atoms with Gasteiger partial charge in [0.2, 0.25) is 0 Å². The molecule has 0 unspecified atom stereocenters. The second-order valence-electron chi connectivity index (χ2n) is 7.23. The predicted molar refractivity (Wildman–Crippen MR) is 118 cm³/mol. The second kappa shape index (κ2) is 7.83. The van der Waals surface area contributed by atoms with Gasteiger partial charge < -0.3 is 0 Å². The maximum Gasteiger partial charge on any atom is 0.0810 e. The smallest absolute Gasteiger partial charge is 0.0810 e. The summed E-state index contributed by atoms with van der Waals surface area (Å²) in [5, 5.41) is 0. The topological polar surface area (TPSA) is 37.1 Å². The molecule has 1 heterocycles. The Hall–Kier alpha value is -2.81. The summed E-state index contributed by atoms with van der Waals surface area (Å²) >= 11 is 0. The van der Waals surface area contributed by atoms with E-state index in [4.69, 9.17) is 15.0 Å². The normalized spacial score (nSPS) is 15.0. The van der Waals surface area contributed by atoms with E-state index >= 15 is 0 Å². The first-order chi connectivity index (χ1) is 12.9. The lowest BCUT2D eigenvalue weighted by atomic mass is 10.1. The molecule has 3 heteroatoms. The Labute approximate surface area is 162 Å². The first kappa shape index (κ1) is 19.0. The lowest BCUT2D eigenvalue weighted by molar-refractivity contribution is 1.31. The minimum atomic E-state index is 0.801. The fraction of sp³-hybridized carbons (Fsp3) is 0.292. The standard InChI is InChI=1S/C24H27N3/c1-15-9-7-10-16(2)23(15)25-19(5)21-13-14-22(27-21)20(6)26-24-17(3)11-8-12-18(24)4/h7-13H,14H2,1-6H3/b25-19+,26-20+. The molecule has 0 bridgehead atoms. The van der Waals surface area contributed by atoms with Gasteiger partial charge in [-0.25, -0.2) is 4.99 Å². The third-order valence-corrected chi connectivity index (χ3v) is 4.97. The van der Waals surface area contributed by atoms with Gasteiger partial charge in [0.1, 0.15) is 0 Å².